The Morgan fingerprint density at radius 3 is 2.76 bits per heavy atom. The van der Waals surface area contributed by atoms with E-state index in [1.807, 2.05) is 6.92 Å². The van der Waals surface area contributed by atoms with Crippen molar-refractivity contribution in [3.63, 3.8) is 0 Å². The zero-order valence-electron chi connectivity index (χ0n) is 11.7. The van der Waals surface area contributed by atoms with Crippen LogP contribution in [0.5, 0.6) is 0 Å². The van der Waals surface area contributed by atoms with Crippen molar-refractivity contribution >= 4 is 17.7 Å². The van der Waals surface area contributed by atoms with Gasteiger partial charge in [-0.05, 0) is 32.8 Å². The van der Waals surface area contributed by atoms with Gasteiger partial charge in [0.15, 0.2) is 0 Å². The molecule has 1 aliphatic carbocycles. The number of amides is 1. The van der Waals surface area contributed by atoms with Crippen LogP contribution in [0, 0.1) is 6.92 Å². The summed E-state index contributed by atoms with van der Waals surface area (Å²) in [7, 11) is 0. The number of carboxylic acid groups (broad SMARTS) is 1. The van der Waals surface area contributed by atoms with Gasteiger partial charge >= 0.3 is 5.97 Å². The van der Waals surface area contributed by atoms with Crippen LogP contribution in [0.25, 0.3) is 5.78 Å². The number of aliphatic carboxylic acids is 1. The summed E-state index contributed by atoms with van der Waals surface area (Å²) in [4.78, 5) is 33.2. The van der Waals surface area contributed by atoms with Crippen LogP contribution in [-0.2, 0) is 4.79 Å². The van der Waals surface area contributed by atoms with Gasteiger partial charge in [-0.25, -0.2) is 14.3 Å². The number of aryl methyl sites for hydroxylation is 1. The number of fused-ring (bicyclic) bond motifs is 1. The van der Waals surface area contributed by atoms with E-state index < -0.39 is 17.9 Å². The summed E-state index contributed by atoms with van der Waals surface area (Å²) >= 11 is 0. The number of nitrogens with zero attached hydrogens (tertiary/aromatic N) is 5. The summed E-state index contributed by atoms with van der Waals surface area (Å²) in [5.74, 6) is -1.18. The molecule has 1 atom stereocenters. The molecule has 0 aromatic carbocycles. The lowest BCUT2D eigenvalue weighted by Gasteiger charge is -2.24. The Morgan fingerprint density at radius 1 is 1.48 bits per heavy atom. The van der Waals surface area contributed by atoms with Crippen molar-refractivity contribution in [2.75, 3.05) is 0 Å². The van der Waals surface area contributed by atoms with E-state index in [1.165, 1.54) is 16.3 Å². The fraction of sp³-hybridized carbons (Fsp3) is 0.462. The SMILES string of the molecule is Cc1ccnc2nc(C(=O)N(C3CC3)C(C)C(=O)O)nn12. The van der Waals surface area contributed by atoms with Crippen LogP contribution < -0.4 is 0 Å². The zero-order chi connectivity index (χ0) is 15.1. The quantitative estimate of drug-likeness (QED) is 0.880. The molecule has 2 heterocycles. The molecule has 2 aromatic heterocycles. The van der Waals surface area contributed by atoms with E-state index in [9.17, 15) is 9.59 Å². The Balaban J connectivity index is 1.98. The van der Waals surface area contributed by atoms with Crippen LogP contribution in [0.3, 0.4) is 0 Å². The van der Waals surface area contributed by atoms with E-state index in [-0.39, 0.29) is 11.9 Å². The van der Waals surface area contributed by atoms with Crippen LogP contribution in [0.2, 0.25) is 0 Å². The highest BCUT2D eigenvalue weighted by molar-refractivity contribution is 5.94. The summed E-state index contributed by atoms with van der Waals surface area (Å²) in [6.45, 7) is 3.33. The van der Waals surface area contributed by atoms with Crippen molar-refractivity contribution in [3.05, 3.63) is 23.8 Å². The second kappa shape index (κ2) is 4.80. The third-order valence-electron chi connectivity index (χ3n) is 3.57. The Labute approximate surface area is 120 Å². The standard InChI is InChI=1S/C13H15N5O3/c1-7-5-6-14-13-15-10(16-18(7)13)11(19)17(9-3-4-9)8(2)12(20)21/h5-6,8-9H,3-4H2,1-2H3,(H,20,21). The first-order valence-electron chi connectivity index (χ1n) is 6.73. The van der Waals surface area contributed by atoms with Gasteiger partial charge in [0.05, 0.1) is 0 Å². The van der Waals surface area contributed by atoms with Gasteiger partial charge in [0.2, 0.25) is 5.82 Å². The number of hydrogen-bond donors (Lipinski definition) is 1. The molecule has 1 fully saturated rings. The van der Waals surface area contributed by atoms with Gasteiger partial charge in [-0.3, -0.25) is 4.79 Å². The maximum Gasteiger partial charge on any atom is 0.326 e. The fourth-order valence-corrected chi connectivity index (χ4v) is 2.24. The van der Waals surface area contributed by atoms with Gasteiger partial charge in [-0.2, -0.15) is 4.98 Å². The molecular formula is C13H15N5O3. The van der Waals surface area contributed by atoms with Gasteiger partial charge < -0.3 is 10.0 Å². The third kappa shape index (κ3) is 2.32. The molecule has 1 aliphatic rings. The molecule has 0 aliphatic heterocycles. The van der Waals surface area contributed by atoms with Gasteiger partial charge in [0, 0.05) is 17.9 Å². The monoisotopic (exact) mass is 289 g/mol. The Morgan fingerprint density at radius 2 is 2.19 bits per heavy atom. The average Bonchev–Trinajstić information content (AvgIpc) is 3.16. The zero-order valence-corrected chi connectivity index (χ0v) is 11.7. The lowest BCUT2D eigenvalue weighted by atomic mass is 10.2. The minimum absolute atomic E-state index is 0.0169. The van der Waals surface area contributed by atoms with E-state index in [4.69, 9.17) is 5.11 Å². The van der Waals surface area contributed by atoms with Crippen molar-refractivity contribution in [1.29, 1.82) is 0 Å². The summed E-state index contributed by atoms with van der Waals surface area (Å²) in [6, 6.07) is 0.823. The molecule has 21 heavy (non-hydrogen) atoms. The first kappa shape index (κ1) is 13.5. The Kier molecular flexibility index (Phi) is 3.08. The van der Waals surface area contributed by atoms with Gasteiger partial charge in [0.1, 0.15) is 6.04 Å². The van der Waals surface area contributed by atoms with Crippen LogP contribution in [-0.4, -0.2) is 53.5 Å². The van der Waals surface area contributed by atoms with E-state index >= 15 is 0 Å². The highest BCUT2D eigenvalue weighted by Gasteiger charge is 2.40. The highest BCUT2D eigenvalue weighted by Crippen LogP contribution is 2.29. The van der Waals surface area contributed by atoms with Crippen LogP contribution in [0.4, 0.5) is 0 Å². The van der Waals surface area contributed by atoms with Crippen molar-refractivity contribution in [2.45, 2.75) is 38.8 Å². The molecule has 1 unspecified atom stereocenters. The van der Waals surface area contributed by atoms with E-state index in [0.717, 1.165) is 18.5 Å². The van der Waals surface area contributed by atoms with Crippen molar-refractivity contribution in [1.82, 2.24) is 24.5 Å². The molecule has 8 nitrogen and oxygen atoms in total. The van der Waals surface area contributed by atoms with Crippen LogP contribution in [0.15, 0.2) is 12.3 Å². The molecule has 0 saturated heterocycles. The molecule has 1 N–H and O–H groups in total. The number of carbonyl (C=O) groups excluding carboxylic acids is 1. The predicted octanol–water partition coefficient (Wildman–Crippen LogP) is 0.510. The lowest BCUT2D eigenvalue weighted by molar-refractivity contribution is -0.141. The summed E-state index contributed by atoms with van der Waals surface area (Å²) in [5.41, 5.74) is 0.802. The average molecular weight is 289 g/mol. The first-order valence-corrected chi connectivity index (χ1v) is 6.73. The van der Waals surface area contributed by atoms with Crippen molar-refractivity contribution in [2.24, 2.45) is 0 Å². The molecular weight excluding hydrogens is 274 g/mol. The van der Waals surface area contributed by atoms with E-state index in [2.05, 4.69) is 15.1 Å². The second-order valence-electron chi connectivity index (χ2n) is 5.19. The molecule has 0 spiro atoms. The molecule has 8 heteroatoms. The van der Waals surface area contributed by atoms with Crippen molar-refractivity contribution < 1.29 is 14.7 Å². The summed E-state index contributed by atoms with van der Waals surface area (Å²) in [5, 5.41) is 13.3. The number of carboxylic acids is 1. The largest absolute Gasteiger partial charge is 0.480 e. The Hall–Kier alpha value is -2.51. The summed E-state index contributed by atoms with van der Waals surface area (Å²) in [6.07, 6.45) is 3.22. The topological polar surface area (TPSA) is 101 Å². The molecule has 2 aromatic rings. The molecule has 1 saturated carbocycles. The third-order valence-corrected chi connectivity index (χ3v) is 3.57. The van der Waals surface area contributed by atoms with Gasteiger partial charge in [-0.15, -0.1) is 5.10 Å². The van der Waals surface area contributed by atoms with Gasteiger partial charge in [0.25, 0.3) is 11.7 Å². The van der Waals surface area contributed by atoms with Crippen LogP contribution >= 0.6 is 0 Å². The smallest absolute Gasteiger partial charge is 0.326 e. The molecule has 3 rings (SSSR count). The number of rotatable bonds is 4. The minimum atomic E-state index is -1.03. The maximum absolute atomic E-state index is 12.5. The van der Waals surface area contributed by atoms with E-state index in [0.29, 0.717) is 5.78 Å². The minimum Gasteiger partial charge on any atom is -0.480 e. The number of aromatic nitrogens is 4. The molecule has 110 valence electrons. The number of carbonyl (C=O) groups is 2. The molecule has 0 bridgehead atoms. The summed E-state index contributed by atoms with van der Waals surface area (Å²) < 4.78 is 1.48. The lowest BCUT2D eigenvalue weighted by Crippen LogP contribution is -2.45. The normalized spacial score (nSPS) is 15.9. The predicted molar refractivity (Wildman–Crippen MR) is 71.8 cm³/mol. The molecule has 1 amide bonds. The fourth-order valence-electron chi connectivity index (χ4n) is 2.24. The highest BCUT2D eigenvalue weighted by atomic mass is 16.4. The van der Waals surface area contributed by atoms with Crippen LogP contribution in [0.1, 0.15) is 36.1 Å². The van der Waals surface area contributed by atoms with E-state index in [1.54, 1.807) is 12.3 Å². The first-order chi connectivity index (χ1) is 9.99. The number of hydrogen-bond acceptors (Lipinski definition) is 5. The molecule has 0 radical (unpaired) electrons. The Bertz CT molecular complexity index is 722. The van der Waals surface area contributed by atoms with Crippen molar-refractivity contribution in [3.8, 4) is 0 Å². The maximum atomic E-state index is 12.5. The second-order valence-corrected chi connectivity index (χ2v) is 5.19. The van der Waals surface area contributed by atoms with Gasteiger partial charge in [-0.1, -0.05) is 0 Å².